The van der Waals surface area contributed by atoms with Gasteiger partial charge in [0.05, 0.1) is 11.2 Å². The Kier molecular flexibility index (Phi) is 10.2. The predicted molar refractivity (Wildman–Crippen MR) is 134 cm³/mol. The van der Waals surface area contributed by atoms with E-state index in [9.17, 15) is 23.1 Å². The van der Waals surface area contributed by atoms with Crippen LogP contribution >= 0.6 is 0 Å². The molecule has 1 aliphatic carbocycles. The van der Waals surface area contributed by atoms with Crippen molar-refractivity contribution in [1.82, 2.24) is 0 Å². The number of nitrogens with one attached hydrogen (secondary N) is 1. The van der Waals surface area contributed by atoms with E-state index in [-0.39, 0.29) is 12.1 Å². The highest BCUT2D eigenvalue weighted by molar-refractivity contribution is 5.84. The quantitative estimate of drug-likeness (QED) is 0.419. The number of ether oxygens (including phenoxy) is 1. The number of hydrogen-bond acceptors (Lipinski definition) is 3. The van der Waals surface area contributed by atoms with Crippen LogP contribution in [0.5, 0.6) is 0 Å². The summed E-state index contributed by atoms with van der Waals surface area (Å²) in [4.78, 5) is 12.6. The van der Waals surface area contributed by atoms with E-state index in [1.165, 1.54) is 17.7 Å². The van der Waals surface area contributed by atoms with E-state index in [1.807, 2.05) is 19.1 Å². The minimum Gasteiger partial charge on any atom is -0.442 e. The molecule has 35 heavy (non-hydrogen) atoms. The topological polar surface area (TPSA) is 58.6 Å². The van der Waals surface area contributed by atoms with Crippen molar-refractivity contribution in [3.63, 3.8) is 0 Å². The van der Waals surface area contributed by atoms with Gasteiger partial charge in [0, 0.05) is 12.1 Å². The third kappa shape index (κ3) is 10.3. The molecule has 4 nitrogen and oxygen atoms in total. The fraction of sp³-hybridized carbons (Fsp3) is 0.536. The van der Waals surface area contributed by atoms with Gasteiger partial charge in [-0.25, -0.2) is 4.79 Å². The zero-order valence-electron chi connectivity index (χ0n) is 21.3. The Labute approximate surface area is 207 Å². The van der Waals surface area contributed by atoms with Gasteiger partial charge in [0.15, 0.2) is 0 Å². The molecule has 0 fully saturated rings. The van der Waals surface area contributed by atoms with Gasteiger partial charge in [0.25, 0.3) is 0 Å². The van der Waals surface area contributed by atoms with E-state index in [1.54, 1.807) is 13.0 Å². The van der Waals surface area contributed by atoms with Crippen LogP contribution in [0.3, 0.4) is 0 Å². The molecule has 1 aliphatic rings. The molecule has 7 heteroatoms. The predicted octanol–water partition coefficient (Wildman–Crippen LogP) is 8.06. The summed E-state index contributed by atoms with van der Waals surface area (Å²) in [6, 6.07) is 4.38. The lowest BCUT2D eigenvalue weighted by molar-refractivity contribution is -0.137. The van der Waals surface area contributed by atoms with Gasteiger partial charge in [-0.15, -0.1) is 0 Å². The average molecular weight is 494 g/mol. The Bertz CT molecular complexity index is 945. The molecule has 1 aromatic rings. The maximum Gasteiger partial charge on any atom is 0.416 e. The van der Waals surface area contributed by atoms with E-state index >= 15 is 0 Å². The number of halogens is 3. The second kappa shape index (κ2) is 12.4. The van der Waals surface area contributed by atoms with Crippen molar-refractivity contribution in [2.45, 2.75) is 84.6 Å². The smallest absolute Gasteiger partial charge is 0.416 e. The van der Waals surface area contributed by atoms with Gasteiger partial charge in [0.2, 0.25) is 0 Å². The maximum absolute atomic E-state index is 13.0. The van der Waals surface area contributed by atoms with E-state index in [0.29, 0.717) is 11.8 Å². The van der Waals surface area contributed by atoms with Crippen molar-refractivity contribution < 1.29 is 27.8 Å². The molecular weight excluding hydrogens is 455 g/mol. The number of rotatable bonds is 3. The van der Waals surface area contributed by atoms with Gasteiger partial charge in [-0.1, -0.05) is 49.3 Å². The van der Waals surface area contributed by atoms with Crippen molar-refractivity contribution in [3.8, 4) is 0 Å². The number of amides is 1. The lowest BCUT2D eigenvalue weighted by atomic mass is 9.86. The third-order valence-electron chi connectivity index (χ3n) is 6.24. The molecule has 2 rings (SSSR count). The minimum absolute atomic E-state index is 0.0153. The molecule has 0 saturated carbocycles. The number of benzene rings is 1. The van der Waals surface area contributed by atoms with Crippen LogP contribution in [-0.2, 0) is 10.9 Å². The molecule has 0 aromatic heterocycles. The summed E-state index contributed by atoms with van der Waals surface area (Å²) in [6.45, 7) is 10.0. The van der Waals surface area contributed by atoms with E-state index < -0.39 is 29.5 Å². The van der Waals surface area contributed by atoms with E-state index in [2.05, 4.69) is 32.2 Å². The number of hydrogen-bond donors (Lipinski definition) is 2. The molecule has 0 saturated heterocycles. The fourth-order valence-corrected chi connectivity index (χ4v) is 4.09. The van der Waals surface area contributed by atoms with Gasteiger partial charge in [0.1, 0.15) is 6.10 Å². The normalized spacial score (nSPS) is 28.7. The van der Waals surface area contributed by atoms with Crippen LogP contribution in [0.15, 0.2) is 59.7 Å². The zero-order chi connectivity index (χ0) is 26.2. The number of carbonyl (C=O) groups excluding carboxylic acids is 1. The largest absolute Gasteiger partial charge is 0.442 e. The highest BCUT2D eigenvalue weighted by Gasteiger charge is 2.31. The zero-order valence-corrected chi connectivity index (χ0v) is 21.3. The fourth-order valence-electron chi connectivity index (χ4n) is 4.09. The van der Waals surface area contributed by atoms with Crippen LogP contribution < -0.4 is 5.32 Å². The summed E-state index contributed by atoms with van der Waals surface area (Å²) in [6.07, 6.45) is 5.44. The number of allylic oxidation sites excluding steroid dienone is 4. The molecule has 0 unspecified atom stereocenters. The van der Waals surface area contributed by atoms with Crippen molar-refractivity contribution >= 4 is 11.8 Å². The molecule has 0 bridgehead atoms. The van der Waals surface area contributed by atoms with Crippen molar-refractivity contribution in [1.29, 1.82) is 0 Å². The molecule has 3 atom stereocenters. The van der Waals surface area contributed by atoms with Crippen LogP contribution in [0.25, 0.3) is 0 Å². The third-order valence-corrected chi connectivity index (χ3v) is 6.24. The lowest BCUT2D eigenvalue weighted by Gasteiger charge is -2.26. The van der Waals surface area contributed by atoms with E-state index in [0.717, 1.165) is 43.4 Å². The Morgan fingerprint density at radius 3 is 2.57 bits per heavy atom. The highest BCUT2D eigenvalue weighted by Crippen LogP contribution is 2.31. The molecule has 0 aliphatic heterocycles. The summed E-state index contributed by atoms with van der Waals surface area (Å²) >= 11 is 0. The summed E-state index contributed by atoms with van der Waals surface area (Å²) < 4.78 is 44.5. The first-order valence-electron chi connectivity index (χ1n) is 12.1. The molecular formula is C28H38F3NO3. The molecule has 194 valence electrons. The van der Waals surface area contributed by atoms with Crippen LogP contribution in [-0.4, -0.2) is 22.9 Å². The summed E-state index contributed by atoms with van der Waals surface area (Å²) in [5.41, 5.74) is 0.218. The van der Waals surface area contributed by atoms with Crippen LogP contribution in [0.2, 0.25) is 0 Å². The van der Waals surface area contributed by atoms with Gasteiger partial charge in [-0.2, -0.15) is 13.2 Å². The summed E-state index contributed by atoms with van der Waals surface area (Å²) in [5, 5.41) is 13.4. The summed E-state index contributed by atoms with van der Waals surface area (Å²) in [7, 11) is 0. The lowest BCUT2D eigenvalue weighted by Crippen LogP contribution is -2.31. The number of alkyl halides is 3. The Balaban J connectivity index is 2.24. The van der Waals surface area contributed by atoms with E-state index in [4.69, 9.17) is 4.74 Å². The molecule has 1 aromatic carbocycles. The van der Waals surface area contributed by atoms with Crippen LogP contribution in [0.4, 0.5) is 23.7 Å². The second-order valence-corrected chi connectivity index (χ2v) is 10.1. The Morgan fingerprint density at radius 2 is 1.91 bits per heavy atom. The Hall–Kier alpha value is -2.54. The van der Waals surface area contributed by atoms with Crippen molar-refractivity contribution in [2.24, 2.45) is 11.8 Å². The monoisotopic (exact) mass is 493 g/mol. The van der Waals surface area contributed by atoms with Crippen LogP contribution in [0, 0.1) is 11.8 Å². The minimum atomic E-state index is -4.52. The first-order chi connectivity index (χ1) is 16.2. The molecule has 0 spiro atoms. The first-order valence-corrected chi connectivity index (χ1v) is 12.1. The average Bonchev–Trinajstić information content (AvgIpc) is 2.71. The number of carbonyl (C=O) groups is 1. The van der Waals surface area contributed by atoms with Gasteiger partial charge in [-0.3, -0.25) is 5.32 Å². The number of aliphatic hydroxyl groups is 1. The van der Waals surface area contributed by atoms with Crippen molar-refractivity contribution in [2.75, 3.05) is 5.32 Å². The first kappa shape index (κ1) is 28.7. The molecule has 1 amide bonds. The van der Waals surface area contributed by atoms with Crippen molar-refractivity contribution in [3.05, 3.63) is 65.3 Å². The second-order valence-electron chi connectivity index (χ2n) is 10.1. The van der Waals surface area contributed by atoms with Crippen LogP contribution in [0.1, 0.15) is 72.3 Å². The van der Waals surface area contributed by atoms with Gasteiger partial charge < -0.3 is 9.84 Å². The Morgan fingerprint density at radius 1 is 1.20 bits per heavy atom. The molecule has 0 heterocycles. The van der Waals surface area contributed by atoms with Gasteiger partial charge >= 0.3 is 12.3 Å². The highest BCUT2D eigenvalue weighted by atomic mass is 19.4. The van der Waals surface area contributed by atoms with Gasteiger partial charge in [-0.05, 0) is 82.6 Å². The standard InChI is InChI=1S/C28H38F3NO3/c1-19(2)22-13-12-20(3)8-6-9-21(4)16-25(18-27(5,34)15-14-22)35-26(33)32-24-11-7-10-23(17-24)28(29,30)31/h7-8,10-11,14-17,19,22,25,34H,6,9,12-13,18H2,1-5H3,(H,32,33)/b15-14+,20-8+,21-16+/t22-,25+,27-/m1/s1. The molecule has 2 N–H and O–H groups in total. The molecule has 0 radical (unpaired) electrons. The maximum atomic E-state index is 13.0. The SMILES string of the molecule is C/C1=C\[C@H](OC(=O)Nc2cccc(C(F)(F)F)c2)C[C@](C)(O)/C=C/[C@H](C(C)C)CC/C(C)=C/CC1. The number of anilines is 1. The summed E-state index contributed by atoms with van der Waals surface area (Å²) in [5.74, 6) is 0.712.